The second-order valence-electron chi connectivity index (χ2n) is 7.19. The number of amides is 1. The molecule has 1 amide bonds. The zero-order valence-electron chi connectivity index (χ0n) is 17.7. The monoisotopic (exact) mass is 428 g/mol. The van der Waals surface area contributed by atoms with Gasteiger partial charge >= 0.3 is 0 Å². The number of ether oxygens (including phenoxy) is 1. The summed E-state index contributed by atoms with van der Waals surface area (Å²) in [5, 5.41) is 0.531. The molecule has 0 saturated carbocycles. The molecule has 0 aliphatic rings. The summed E-state index contributed by atoms with van der Waals surface area (Å²) in [4.78, 5) is 29.7. The van der Waals surface area contributed by atoms with Crippen LogP contribution in [0.4, 0.5) is 5.95 Å². The number of carbonyl (C=O) groups excluding carboxylic acids is 1. The minimum atomic E-state index is -0.382. The number of hydrogen-bond donors (Lipinski definition) is 2. The van der Waals surface area contributed by atoms with Crippen molar-refractivity contribution in [1.82, 2.24) is 15.0 Å². The van der Waals surface area contributed by atoms with Crippen LogP contribution in [0.25, 0.3) is 10.9 Å². The second kappa shape index (κ2) is 9.89. The Labute approximate surface area is 185 Å². The van der Waals surface area contributed by atoms with Crippen molar-refractivity contribution in [3.05, 3.63) is 106 Å². The largest absolute Gasteiger partial charge is 0.359 e. The summed E-state index contributed by atoms with van der Waals surface area (Å²) < 4.78 is 7.45. The smallest absolute Gasteiger partial charge is 0.264 e. The van der Waals surface area contributed by atoms with Crippen molar-refractivity contribution in [2.24, 2.45) is 0 Å². The van der Waals surface area contributed by atoms with Gasteiger partial charge in [-0.2, -0.15) is 0 Å². The van der Waals surface area contributed by atoms with Crippen LogP contribution in [0.3, 0.4) is 0 Å². The Morgan fingerprint density at radius 3 is 2.16 bits per heavy atom. The van der Waals surface area contributed by atoms with E-state index in [1.54, 1.807) is 18.2 Å². The molecule has 0 bridgehead atoms. The van der Waals surface area contributed by atoms with Gasteiger partial charge < -0.3 is 4.74 Å². The standard InChI is InChI=1S/C25H24N4O3/c1-2-29-24(31)20-15-9-10-16-21(20)26-25(29)28-27-22(30)17-32-23(18-11-5-3-6-12-18)19-13-7-4-8-14-19/h3-16,23H,2,17H2,1H3,(H,26,28)(H,27,30). The average Bonchev–Trinajstić information content (AvgIpc) is 2.84. The van der Waals surface area contributed by atoms with Crippen molar-refractivity contribution in [3.8, 4) is 0 Å². The number of carbonyl (C=O) groups is 1. The van der Waals surface area contributed by atoms with Crippen LogP contribution < -0.4 is 16.4 Å². The zero-order valence-corrected chi connectivity index (χ0v) is 17.7. The Morgan fingerprint density at radius 1 is 0.938 bits per heavy atom. The molecule has 0 radical (unpaired) electrons. The van der Waals surface area contributed by atoms with Crippen molar-refractivity contribution in [2.75, 3.05) is 12.0 Å². The Hall–Kier alpha value is -3.97. The van der Waals surface area contributed by atoms with Crippen molar-refractivity contribution in [1.29, 1.82) is 0 Å². The minimum Gasteiger partial charge on any atom is -0.359 e. The molecule has 0 atom stereocenters. The van der Waals surface area contributed by atoms with E-state index in [0.717, 1.165) is 11.1 Å². The van der Waals surface area contributed by atoms with E-state index in [4.69, 9.17) is 4.74 Å². The Bertz CT molecular complexity index is 1220. The Balaban J connectivity index is 1.46. The first-order valence-electron chi connectivity index (χ1n) is 10.4. The SMILES string of the molecule is CCn1c(NNC(=O)COC(c2ccccc2)c2ccccc2)nc2ccccc2c1=O. The molecule has 4 rings (SSSR count). The number of rotatable bonds is 8. The quantitative estimate of drug-likeness (QED) is 0.418. The predicted octanol–water partition coefficient (Wildman–Crippen LogP) is 3.67. The molecule has 0 aliphatic heterocycles. The summed E-state index contributed by atoms with van der Waals surface area (Å²) in [6.07, 6.45) is -0.379. The Kier molecular flexibility index (Phi) is 6.57. The number of para-hydroxylation sites is 1. The summed E-state index contributed by atoms with van der Waals surface area (Å²) in [5.74, 6) is -0.112. The average molecular weight is 428 g/mol. The number of benzene rings is 3. The molecule has 0 unspecified atom stereocenters. The predicted molar refractivity (Wildman–Crippen MR) is 124 cm³/mol. The fraction of sp³-hybridized carbons (Fsp3) is 0.160. The van der Waals surface area contributed by atoms with E-state index in [2.05, 4.69) is 15.8 Å². The highest BCUT2D eigenvalue weighted by Gasteiger charge is 2.16. The van der Waals surface area contributed by atoms with Gasteiger partial charge in [0.25, 0.3) is 11.5 Å². The van der Waals surface area contributed by atoms with E-state index in [1.807, 2.05) is 73.7 Å². The summed E-state index contributed by atoms with van der Waals surface area (Å²) in [5.41, 5.74) is 7.66. The van der Waals surface area contributed by atoms with Crippen LogP contribution in [0.5, 0.6) is 0 Å². The first kappa shape index (κ1) is 21.3. The third-order valence-electron chi connectivity index (χ3n) is 5.08. The van der Waals surface area contributed by atoms with Gasteiger partial charge in [0.05, 0.1) is 10.9 Å². The number of hydrogen-bond acceptors (Lipinski definition) is 5. The lowest BCUT2D eigenvalue weighted by Gasteiger charge is -2.19. The van der Waals surface area contributed by atoms with Gasteiger partial charge in [-0.25, -0.2) is 4.98 Å². The molecule has 0 saturated heterocycles. The summed E-state index contributed by atoms with van der Waals surface area (Å²) in [6, 6.07) is 26.6. The van der Waals surface area contributed by atoms with Crippen LogP contribution in [-0.2, 0) is 16.1 Å². The number of nitrogens with one attached hydrogen (secondary N) is 2. The fourth-order valence-corrected chi connectivity index (χ4v) is 3.52. The molecule has 1 aromatic heterocycles. The maximum absolute atomic E-state index is 12.7. The van der Waals surface area contributed by atoms with Gasteiger partial charge in [-0.3, -0.25) is 25.0 Å². The van der Waals surface area contributed by atoms with Crippen molar-refractivity contribution in [2.45, 2.75) is 19.6 Å². The van der Waals surface area contributed by atoms with Crippen LogP contribution in [0, 0.1) is 0 Å². The molecule has 2 N–H and O–H groups in total. The van der Waals surface area contributed by atoms with Crippen LogP contribution in [0.2, 0.25) is 0 Å². The lowest BCUT2D eigenvalue weighted by atomic mass is 10.0. The topological polar surface area (TPSA) is 85.2 Å². The molecule has 0 spiro atoms. The lowest BCUT2D eigenvalue weighted by Crippen LogP contribution is -2.36. The van der Waals surface area contributed by atoms with Crippen molar-refractivity contribution in [3.63, 3.8) is 0 Å². The van der Waals surface area contributed by atoms with Gasteiger partial charge in [-0.1, -0.05) is 72.8 Å². The van der Waals surface area contributed by atoms with E-state index in [1.165, 1.54) is 4.57 Å². The fourth-order valence-electron chi connectivity index (χ4n) is 3.52. The highest BCUT2D eigenvalue weighted by atomic mass is 16.5. The molecule has 7 nitrogen and oxygen atoms in total. The third kappa shape index (κ3) is 4.68. The Morgan fingerprint density at radius 2 is 1.53 bits per heavy atom. The molecule has 0 aliphatic carbocycles. The molecule has 4 aromatic rings. The summed E-state index contributed by atoms with van der Waals surface area (Å²) >= 11 is 0. The van der Waals surface area contributed by atoms with Crippen molar-refractivity contribution < 1.29 is 9.53 Å². The van der Waals surface area contributed by atoms with Crippen LogP contribution in [0.15, 0.2) is 89.7 Å². The molecule has 162 valence electrons. The summed E-state index contributed by atoms with van der Waals surface area (Å²) in [7, 11) is 0. The maximum atomic E-state index is 12.7. The van der Waals surface area contributed by atoms with E-state index < -0.39 is 0 Å². The van der Waals surface area contributed by atoms with E-state index in [-0.39, 0.29) is 30.1 Å². The van der Waals surface area contributed by atoms with Gasteiger partial charge in [0.1, 0.15) is 12.7 Å². The molecule has 32 heavy (non-hydrogen) atoms. The van der Waals surface area contributed by atoms with Crippen LogP contribution >= 0.6 is 0 Å². The highest BCUT2D eigenvalue weighted by molar-refractivity contribution is 5.80. The highest BCUT2D eigenvalue weighted by Crippen LogP contribution is 2.25. The molecular formula is C25H24N4O3. The number of aromatic nitrogens is 2. The van der Waals surface area contributed by atoms with Gasteiger partial charge in [-0.05, 0) is 30.2 Å². The molecular weight excluding hydrogens is 404 g/mol. The van der Waals surface area contributed by atoms with Crippen LogP contribution in [0.1, 0.15) is 24.2 Å². The maximum Gasteiger partial charge on any atom is 0.264 e. The molecule has 0 fully saturated rings. The second-order valence-corrected chi connectivity index (χ2v) is 7.19. The van der Waals surface area contributed by atoms with Gasteiger partial charge in [0, 0.05) is 6.54 Å². The molecule has 1 heterocycles. The molecule has 7 heteroatoms. The number of nitrogens with zero attached hydrogens (tertiary/aromatic N) is 2. The van der Waals surface area contributed by atoms with Gasteiger partial charge in [0.2, 0.25) is 5.95 Å². The summed E-state index contributed by atoms with van der Waals surface area (Å²) in [6.45, 7) is 2.08. The number of anilines is 1. The van der Waals surface area contributed by atoms with E-state index in [9.17, 15) is 9.59 Å². The number of fused-ring (bicyclic) bond motifs is 1. The lowest BCUT2D eigenvalue weighted by molar-refractivity contribution is -0.126. The molecule has 3 aromatic carbocycles. The third-order valence-corrected chi connectivity index (χ3v) is 5.08. The first-order valence-corrected chi connectivity index (χ1v) is 10.4. The van der Waals surface area contributed by atoms with Crippen molar-refractivity contribution >= 4 is 22.8 Å². The van der Waals surface area contributed by atoms with E-state index in [0.29, 0.717) is 17.4 Å². The van der Waals surface area contributed by atoms with Crippen LogP contribution in [-0.4, -0.2) is 22.1 Å². The zero-order chi connectivity index (χ0) is 22.3. The van der Waals surface area contributed by atoms with E-state index >= 15 is 0 Å². The first-order chi connectivity index (χ1) is 15.7. The van der Waals surface area contributed by atoms with Gasteiger partial charge in [-0.15, -0.1) is 0 Å². The van der Waals surface area contributed by atoms with Gasteiger partial charge in [0.15, 0.2) is 0 Å². The number of hydrazine groups is 1. The normalized spacial score (nSPS) is 10.9. The minimum absolute atomic E-state index is 0.167.